The number of hydrogen-bond donors (Lipinski definition) is 1. The van der Waals surface area contributed by atoms with Crippen molar-refractivity contribution in [3.63, 3.8) is 0 Å². The van der Waals surface area contributed by atoms with E-state index >= 15 is 0 Å². The first-order valence-corrected chi connectivity index (χ1v) is 10.0. The lowest BCUT2D eigenvalue weighted by atomic mass is 10.2. The highest BCUT2D eigenvalue weighted by Crippen LogP contribution is 2.29. The lowest BCUT2D eigenvalue weighted by molar-refractivity contribution is 0.102. The molecule has 0 bridgehead atoms. The van der Waals surface area contributed by atoms with Gasteiger partial charge in [-0.05, 0) is 36.4 Å². The Kier molecular flexibility index (Phi) is 5.03. The van der Waals surface area contributed by atoms with E-state index in [4.69, 9.17) is 0 Å². The molecule has 3 aromatic rings. The third kappa shape index (κ3) is 3.59. The lowest BCUT2D eigenvalue weighted by Gasteiger charge is -2.14. The fourth-order valence-corrected chi connectivity index (χ4v) is 4.45. The van der Waals surface area contributed by atoms with Crippen LogP contribution >= 0.6 is 11.3 Å². The van der Waals surface area contributed by atoms with Crippen LogP contribution < -0.4 is 5.32 Å². The average molecular weight is 393 g/mol. The van der Waals surface area contributed by atoms with Crippen LogP contribution in [0.1, 0.15) is 17.3 Å². The maximum absolute atomic E-state index is 13.2. The number of carbonyl (C=O) groups is 1. The van der Waals surface area contributed by atoms with E-state index in [1.54, 1.807) is 13.0 Å². The first kappa shape index (κ1) is 18.4. The molecule has 0 fully saturated rings. The van der Waals surface area contributed by atoms with Crippen LogP contribution in [0.25, 0.3) is 10.2 Å². The summed E-state index contributed by atoms with van der Waals surface area (Å²) in [7, 11) is -2.05. The van der Waals surface area contributed by atoms with E-state index in [-0.39, 0.29) is 10.5 Å². The van der Waals surface area contributed by atoms with Crippen molar-refractivity contribution in [1.82, 2.24) is 9.29 Å². The summed E-state index contributed by atoms with van der Waals surface area (Å²) in [5.41, 5.74) is 0.750. The number of thiazole rings is 1. The Morgan fingerprint density at radius 3 is 2.73 bits per heavy atom. The number of anilines is 1. The van der Waals surface area contributed by atoms with Crippen molar-refractivity contribution in [3.05, 3.63) is 53.8 Å². The van der Waals surface area contributed by atoms with E-state index in [9.17, 15) is 17.6 Å². The Morgan fingerprint density at radius 2 is 2.04 bits per heavy atom. The van der Waals surface area contributed by atoms with E-state index in [0.717, 1.165) is 17.4 Å². The fraction of sp³-hybridized carbons (Fsp3) is 0.176. The van der Waals surface area contributed by atoms with Crippen LogP contribution in [0.2, 0.25) is 0 Å². The Labute approximate surface area is 154 Å². The number of benzene rings is 2. The van der Waals surface area contributed by atoms with Gasteiger partial charge in [-0.3, -0.25) is 10.1 Å². The summed E-state index contributed by atoms with van der Waals surface area (Å²) in [6.45, 7) is 2.11. The number of rotatable bonds is 5. The number of fused-ring (bicyclic) bond motifs is 1. The quantitative estimate of drug-likeness (QED) is 0.721. The normalized spacial score (nSPS) is 11.8. The second-order valence-corrected chi connectivity index (χ2v) is 8.61. The number of hydrogen-bond acceptors (Lipinski definition) is 5. The van der Waals surface area contributed by atoms with Gasteiger partial charge in [-0.15, -0.1) is 0 Å². The van der Waals surface area contributed by atoms with Crippen LogP contribution in [-0.4, -0.2) is 37.2 Å². The Morgan fingerprint density at radius 1 is 1.27 bits per heavy atom. The highest BCUT2D eigenvalue weighted by atomic mass is 32.2. The summed E-state index contributed by atoms with van der Waals surface area (Å²) in [4.78, 5) is 16.6. The van der Waals surface area contributed by atoms with Crippen LogP contribution in [0.15, 0.2) is 47.4 Å². The molecular weight excluding hydrogens is 377 g/mol. The number of nitrogens with one attached hydrogen (secondary N) is 1. The third-order valence-electron chi connectivity index (χ3n) is 3.82. The van der Waals surface area contributed by atoms with Crippen molar-refractivity contribution in [1.29, 1.82) is 0 Å². The van der Waals surface area contributed by atoms with Gasteiger partial charge in [-0.2, -0.15) is 0 Å². The molecule has 0 radical (unpaired) electrons. The van der Waals surface area contributed by atoms with Crippen LogP contribution in [0, 0.1) is 5.82 Å². The second-order valence-electron chi connectivity index (χ2n) is 5.53. The number of amides is 1. The van der Waals surface area contributed by atoms with Gasteiger partial charge in [0.1, 0.15) is 5.82 Å². The number of aromatic nitrogens is 1. The summed E-state index contributed by atoms with van der Waals surface area (Å²) in [6.07, 6.45) is 0. The second kappa shape index (κ2) is 7.10. The van der Waals surface area contributed by atoms with Crippen molar-refractivity contribution >= 4 is 42.6 Å². The molecule has 0 spiro atoms. The van der Waals surface area contributed by atoms with Gasteiger partial charge in [0.2, 0.25) is 10.0 Å². The minimum Gasteiger partial charge on any atom is -0.298 e. The highest BCUT2D eigenvalue weighted by molar-refractivity contribution is 7.89. The molecule has 0 aliphatic rings. The van der Waals surface area contributed by atoms with E-state index in [2.05, 4.69) is 10.3 Å². The first-order chi connectivity index (χ1) is 12.3. The first-order valence-electron chi connectivity index (χ1n) is 7.75. The molecule has 26 heavy (non-hydrogen) atoms. The van der Waals surface area contributed by atoms with Crippen LogP contribution in [0.3, 0.4) is 0 Å². The zero-order valence-electron chi connectivity index (χ0n) is 14.1. The van der Waals surface area contributed by atoms with Gasteiger partial charge in [-0.25, -0.2) is 22.1 Å². The van der Waals surface area contributed by atoms with Crippen molar-refractivity contribution < 1.29 is 17.6 Å². The Bertz CT molecular complexity index is 1080. The number of carbonyl (C=O) groups excluding carboxylic acids is 1. The van der Waals surface area contributed by atoms with Crippen molar-refractivity contribution in [3.8, 4) is 0 Å². The smallest absolute Gasteiger partial charge is 0.257 e. The average Bonchev–Trinajstić information content (AvgIpc) is 3.02. The highest BCUT2D eigenvalue weighted by Gasteiger charge is 2.20. The molecule has 9 heteroatoms. The Hall–Kier alpha value is -2.36. The molecule has 1 amide bonds. The zero-order chi connectivity index (χ0) is 18.9. The molecule has 6 nitrogen and oxygen atoms in total. The summed E-state index contributed by atoms with van der Waals surface area (Å²) in [6, 6.07) is 9.95. The van der Waals surface area contributed by atoms with Gasteiger partial charge in [-0.1, -0.05) is 24.3 Å². The molecule has 0 saturated carbocycles. The number of nitrogens with zero attached hydrogens (tertiary/aromatic N) is 2. The van der Waals surface area contributed by atoms with Crippen LogP contribution in [0.5, 0.6) is 0 Å². The standard InChI is InChI=1S/C17H16FN3O3S2/c1-3-21(2)26(23,24)13-7-8-14-15(10-13)25-17(19-14)20-16(22)11-5-4-6-12(18)9-11/h4-10H,3H2,1-2H3,(H,19,20,22). The van der Waals surface area contributed by atoms with Crippen LogP contribution in [-0.2, 0) is 10.0 Å². The maximum Gasteiger partial charge on any atom is 0.257 e. The van der Waals surface area contributed by atoms with Gasteiger partial charge in [0.15, 0.2) is 5.13 Å². The monoisotopic (exact) mass is 393 g/mol. The third-order valence-corrected chi connectivity index (χ3v) is 6.68. The van der Waals surface area contributed by atoms with Gasteiger partial charge in [0.25, 0.3) is 5.91 Å². The Balaban J connectivity index is 1.89. The molecular formula is C17H16FN3O3S2. The molecule has 0 unspecified atom stereocenters. The molecule has 0 saturated heterocycles. The molecule has 2 aromatic carbocycles. The lowest BCUT2D eigenvalue weighted by Crippen LogP contribution is -2.26. The summed E-state index contributed by atoms with van der Waals surface area (Å²) < 4.78 is 39.9. The topological polar surface area (TPSA) is 79.4 Å². The predicted molar refractivity (Wildman–Crippen MR) is 99.5 cm³/mol. The minimum atomic E-state index is -3.56. The molecule has 136 valence electrons. The van der Waals surface area contributed by atoms with Gasteiger partial charge >= 0.3 is 0 Å². The van der Waals surface area contributed by atoms with Crippen molar-refractivity contribution in [2.45, 2.75) is 11.8 Å². The van der Waals surface area contributed by atoms with Crippen LogP contribution in [0.4, 0.5) is 9.52 Å². The molecule has 1 heterocycles. The maximum atomic E-state index is 13.2. The van der Waals surface area contributed by atoms with E-state index in [0.29, 0.717) is 21.9 Å². The molecule has 1 aromatic heterocycles. The number of sulfonamides is 1. The molecule has 3 rings (SSSR count). The fourth-order valence-electron chi connectivity index (χ4n) is 2.27. The summed E-state index contributed by atoms with van der Waals surface area (Å²) >= 11 is 1.15. The SMILES string of the molecule is CCN(C)S(=O)(=O)c1ccc2nc(NC(=O)c3cccc(F)c3)sc2c1. The van der Waals surface area contributed by atoms with E-state index in [1.807, 2.05) is 0 Å². The van der Waals surface area contributed by atoms with E-state index < -0.39 is 21.7 Å². The minimum absolute atomic E-state index is 0.168. The molecule has 0 atom stereocenters. The predicted octanol–water partition coefficient (Wildman–Crippen LogP) is 3.33. The van der Waals surface area contributed by atoms with E-state index in [1.165, 1.54) is 41.7 Å². The zero-order valence-corrected chi connectivity index (χ0v) is 15.7. The van der Waals surface area contributed by atoms with Gasteiger partial charge in [0, 0.05) is 19.2 Å². The largest absolute Gasteiger partial charge is 0.298 e. The van der Waals surface area contributed by atoms with Gasteiger partial charge in [0.05, 0.1) is 15.1 Å². The number of halogens is 1. The molecule has 0 aliphatic heterocycles. The molecule has 0 aliphatic carbocycles. The van der Waals surface area contributed by atoms with Crippen molar-refractivity contribution in [2.75, 3.05) is 18.9 Å². The van der Waals surface area contributed by atoms with Gasteiger partial charge < -0.3 is 0 Å². The van der Waals surface area contributed by atoms with Crippen molar-refractivity contribution in [2.24, 2.45) is 0 Å². The summed E-state index contributed by atoms with van der Waals surface area (Å²) in [5, 5.41) is 2.92. The summed E-state index contributed by atoms with van der Waals surface area (Å²) in [5.74, 6) is -0.987. The molecule has 1 N–H and O–H groups in total.